The van der Waals surface area contributed by atoms with Crippen LogP contribution in [0.1, 0.15) is 63.4 Å². The molecule has 3 aromatic carbocycles. The predicted molar refractivity (Wildman–Crippen MR) is 206 cm³/mol. The minimum Gasteiger partial charge on any atom is -0.508 e. The SMILES string of the molecule is O=C(CCOC(=O)N(c1ccccc1-c1ccccc1)N1CCCCC1)NCCCCCN(Cc1ccc(O)cc1)C(=O)CCCN(CCO)CCO. The summed E-state index contributed by atoms with van der Waals surface area (Å²) in [6.45, 7) is 4.44. The van der Waals surface area contributed by atoms with Crippen LogP contribution in [0.25, 0.3) is 11.1 Å². The van der Waals surface area contributed by atoms with E-state index in [0.29, 0.717) is 52.1 Å². The van der Waals surface area contributed by atoms with Gasteiger partial charge in [-0.2, -0.15) is 0 Å². The smallest absolute Gasteiger partial charge is 0.429 e. The van der Waals surface area contributed by atoms with Crippen LogP contribution in [0.5, 0.6) is 5.75 Å². The molecular formula is C41H57N5O7. The van der Waals surface area contributed by atoms with Gasteiger partial charge in [-0.05, 0) is 74.4 Å². The Morgan fingerprint density at radius 1 is 0.736 bits per heavy atom. The molecule has 0 aromatic heterocycles. The Balaban J connectivity index is 1.21. The van der Waals surface area contributed by atoms with E-state index in [1.807, 2.05) is 81.5 Å². The topological polar surface area (TPSA) is 146 Å². The number of rotatable bonds is 22. The number of carbonyl (C=O) groups excluding carboxylic acids is 3. The number of amides is 3. The molecule has 0 radical (unpaired) electrons. The number of hydrogen-bond acceptors (Lipinski definition) is 9. The first-order chi connectivity index (χ1) is 25.9. The summed E-state index contributed by atoms with van der Waals surface area (Å²) in [5.41, 5.74) is 3.61. The maximum Gasteiger partial charge on any atom is 0.429 e. The molecule has 1 aliphatic heterocycles. The van der Waals surface area contributed by atoms with E-state index in [2.05, 4.69) is 5.32 Å². The van der Waals surface area contributed by atoms with E-state index in [1.54, 1.807) is 17.1 Å². The lowest BCUT2D eigenvalue weighted by Crippen LogP contribution is -2.49. The molecule has 0 unspecified atom stereocenters. The average molecular weight is 732 g/mol. The minimum absolute atomic E-state index is 0.00253. The lowest BCUT2D eigenvalue weighted by Gasteiger charge is -2.37. The Bertz CT molecular complexity index is 1510. The number of phenols is 1. The van der Waals surface area contributed by atoms with Gasteiger partial charge in [0, 0.05) is 57.8 Å². The number of ether oxygens (including phenoxy) is 1. The van der Waals surface area contributed by atoms with Crippen molar-refractivity contribution in [3.05, 3.63) is 84.4 Å². The first-order valence-electron chi connectivity index (χ1n) is 19.0. The van der Waals surface area contributed by atoms with E-state index in [1.165, 1.54) is 0 Å². The minimum atomic E-state index is -0.498. The van der Waals surface area contributed by atoms with E-state index < -0.39 is 6.09 Å². The molecule has 0 spiro atoms. The lowest BCUT2D eigenvalue weighted by atomic mass is 10.0. The first-order valence-corrected chi connectivity index (χ1v) is 19.0. The molecule has 12 heteroatoms. The van der Waals surface area contributed by atoms with Crippen molar-refractivity contribution in [1.29, 1.82) is 0 Å². The molecule has 0 aliphatic carbocycles. The third-order valence-electron chi connectivity index (χ3n) is 9.35. The van der Waals surface area contributed by atoms with Crippen molar-refractivity contribution in [1.82, 2.24) is 20.1 Å². The van der Waals surface area contributed by atoms with Crippen molar-refractivity contribution >= 4 is 23.6 Å². The summed E-state index contributed by atoms with van der Waals surface area (Å²) in [4.78, 5) is 43.2. The van der Waals surface area contributed by atoms with Crippen LogP contribution in [0.2, 0.25) is 0 Å². The highest BCUT2D eigenvalue weighted by atomic mass is 16.6. The molecule has 1 fully saturated rings. The largest absolute Gasteiger partial charge is 0.508 e. The monoisotopic (exact) mass is 731 g/mol. The second kappa shape index (κ2) is 23.2. The standard InChI is InChI=1S/C41H57N5O7/c47-30-28-43(29-31-48)24-12-17-40(51)44(33-34-18-20-36(49)21-19-34)25-9-2-8-23-42-39(50)22-32-53-41(52)46(45-26-10-3-11-27-45)38-16-7-6-15-37(38)35-13-4-1-5-14-35/h1,4-7,13-16,18-21,47-49H,2-3,8-12,17,22-33H2,(H,42,50). The van der Waals surface area contributed by atoms with E-state index >= 15 is 0 Å². The maximum atomic E-state index is 13.6. The molecule has 288 valence electrons. The van der Waals surface area contributed by atoms with Crippen molar-refractivity contribution in [2.24, 2.45) is 0 Å². The van der Waals surface area contributed by atoms with Gasteiger partial charge in [-0.1, -0.05) is 67.1 Å². The molecule has 4 N–H and O–H groups in total. The van der Waals surface area contributed by atoms with Crippen LogP contribution in [-0.2, 0) is 20.9 Å². The van der Waals surface area contributed by atoms with E-state index in [-0.39, 0.29) is 43.8 Å². The van der Waals surface area contributed by atoms with Crippen LogP contribution in [0.3, 0.4) is 0 Å². The molecular weight excluding hydrogens is 674 g/mol. The summed E-state index contributed by atoms with van der Waals surface area (Å²) in [6, 6.07) is 24.6. The number of aliphatic hydroxyl groups is 2. The molecule has 0 bridgehead atoms. The Labute approximate surface area is 313 Å². The molecule has 12 nitrogen and oxygen atoms in total. The van der Waals surface area contributed by atoms with Gasteiger partial charge < -0.3 is 30.3 Å². The number of unbranched alkanes of at least 4 members (excludes halogenated alkanes) is 2. The second-order valence-electron chi connectivity index (χ2n) is 13.4. The number of hydrogen-bond donors (Lipinski definition) is 4. The molecule has 1 aliphatic rings. The number of para-hydroxylation sites is 1. The highest BCUT2D eigenvalue weighted by Gasteiger charge is 2.28. The summed E-state index contributed by atoms with van der Waals surface area (Å²) >= 11 is 0. The van der Waals surface area contributed by atoms with E-state index in [9.17, 15) is 29.7 Å². The third kappa shape index (κ3) is 14.1. The first kappa shape index (κ1) is 41.3. The molecule has 0 saturated carbocycles. The van der Waals surface area contributed by atoms with Crippen LogP contribution in [0.15, 0.2) is 78.9 Å². The highest BCUT2D eigenvalue weighted by molar-refractivity contribution is 5.93. The predicted octanol–water partition coefficient (Wildman–Crippen LogP) is 5.18. The quantitative estimate of drug-likeness (QED) is 0.103. The summed E-state index contributed by atoms with van der Waals surface area (Å²) in [6.07, 6.45) is 5.93. The van der Waals surface area contributed by atoms with Gasteiger partial charge in [0.05, 0.1) is 25.3 Å². The Morgan fingerprint density at radius 3 is 2.15 bits per heavy atom. The second-order valence-corrected chi connectivity index (χ2v) is 13.4. The van der Waals surface area contributed by atoms with Crippen molar-refractivity contribution in [3.63, 3.8) is 0 Å². The third-order valence-corrected chi connectivity index (χ3v) is 9.35. The summed E-state index contributed by atoms with van der Waals surface area (Å²) in [5, 5.41) is 34.8. The zero-order valence-corrected chi connectivity index (χ0v) is 30.9. The number of nitrogens with zero attached hydrogens (tertiary/aromatic N) is 4. The van der Waals surface area contributed by atoms with E-state index in [4.69, 9.17) is 4.74 Å². The van der Waals surface area contributed by atoms with Crippen LogP contribution in [-0.4, -0.2) is 114 Å². The fourth-order valence-corrected chi connectivity index (χ4v) is 6.52. The number of aliphatic hydroxyl groups excluding tert-OH is 2. The number of benzene rings is 3. The Hall–Kier alpha value is -4.49. The molecule has 3 aromatic rings. The van der Waals surface area contributed by atoms with Gasteiger partial charge >= 0.3 is 6.09 Å². The number of piperidine rings is 1. The summed E-state index contributed by atoms with van der Waals surface area (Å²) < 4.78 is 5.70. The molecule has 1 saturated heterocycles. The lowest BCUT2D eigenvalue weighted by molar-refractivity contribution is -0.132. The van der Waals surface area contributed by atoms with Crippen molar-refractivity contribution < 1.29 is 34.4 Å². The van der Waals surface area contributed by atoms with Crippen LogP contribution < -0.4 is 10.3 Å². The molecule has 0 atom stereocenters. The number of carbonyl (C=O) groups is 3. The number of anilines is 1. The average Bonchev–Trinajstić information content (AvgIpc) is 3.17. The van der Waals surface area contributed by atoms with Gasteiger partial charge in [-0.3, -0.25) is 14.5 Å². The Morgan fingerprint density at radius 2 is 1.43 bits per heavy atom. The maximum absolute atomic E-state index is 13.6. The number of nitrogens with one attached hydrogen (secondary N) is 1. The Kier molecular flexibility index (Phi) is 18.1. The zero-order valence-electron chi connectivity index (χ0n) is 30.9. The molecule has 1 heterocycles. The number of hydrazine groups is 1. The molecule has 3 amide bonds. The number of aromatic hydroxyl groups is 1. The van der Waals surface area contributed by atoms with Gasteiger partial charge in [0.2, 0.25) is 11.8 Å². The van der Waals surface area contributed by atoms with Gasteiger partial charge in [0.15, 0.2) is 0 Å². The normalized spacial score (nSPS) is 13.1. The van der Waals surface area contributed by atoms with E-state index in [0.717, 1.165) is 74.0 Å². The van der Waals surface area contributed by atoms with Crippen LogP contribution in [0.4, 0.5) is 10.5 Å². The van der Waals surface area contributed by atoms with Gasteiger partial charge in [-0.15, -0.1) is 0 Å². The van der Waals surface area contributed by atoms with Crippen molar-refractivity contribution in [3.8, 4) is 16.9 Å². The van der Waals surface area contributed by atoms with Crippen molar-refractivity contribution in [2.75, 3.05) is 70.6 Å². The van der Waals surface area contributed by atoms with Gasteiger partial charge in [0.1, 0.15) is 12.4 Å². The highest BCUT2D eigenvalue weighted by Crippen LogP contribution is 2.33. The summed E-state index contributed by atoms with van der Waals surface area (Å²) in [7, 11) is 0. The fourth-order valence-electron chi connectivity index (χ4n) is 6.52. The summed E-state index contributed by atoms with van der Waals surface area (Å²) in [5.74, 6) is 0.00703. The fraction of sp³-hybridized carbons (Fsp3) is 0.488. The van der Waals surface area contributed by atoms with Crippen molar-refractivity contribution in [2.45, 2.75) is 64.3 Å². The number of phenolic OH excluding ortho intramolecular Hbond substituents is 1. The van der Waals surface area contributed by atoms with Crippen LogP contribution in [0, 0.1) is 0 Å². The zero-order chi connectivity index (χ0) is 37.7. The molecule has 53 heavy (non-hydrogen) atoms. The molecule has 4 rings (SSSR count). The van der Waals surface area contributed by atoms with Crippen LogP contribution >= 0.6 is 0 Å². The van der Waals surface area contributed by atoms with Gasteiger partial charge in [0.25, 0.3) is 0 Å². The van der Waals surface area contributed by atoms with Gasteiger partial charge in [-0.25, -0.2) is 14.8 Å².